The second kappa shape index (κ2) is 6.44. The van der Waals surface area contributed by atoms with Crippen molar-refractivity contribution in [2.45, 2.75) is 18.6 Å². The maximum Gasteiger partial charge on any atom is 0.417 e. The first kappa shape index (κ1) is 16.4. The lowest BCUT2D eigenvalue weighted by Gasteiger charge is -2.12. The smallest absolute Gasteiger partial charge is 0.307 e. The Balaban J connectivity index is 2.30. The molecule has 0 aliphatic carbocycles. The van der Waals surface area contributed by atoms with Crippen molar-refractivity contribution in [2.75, 3.05) is 0 Å². The van der Waals surface area contributed by atoms with Crippen LogP contribution in [0.1, 0.15) is 17.2 Å². The number of halogens is 3. The van der Waals surface area contributed by atoms with Crippen molar-refractivity contribution >= 4 is 5.78 Å². The highest BCUT2D eigenvalue weighted by atomic mass is 19.4. The molecule has 0 aliphatic rings. The van der Waals surface area contributed by atoms with E-state index >= 15 is 0 Å². The third-order valence-electron chi connectivity index (χ3n) is 3.07. The zero-order valence-corrected chi connectivity index (χ0v) is 11.6. The molecule has 0 N–H and O–H groups in total. The number of alkyl halides is 3. The molecular weight excluding hydrogens is 311 g/mol. The number of ketones is 1. The van der Waals surface area contributed by atoms with E-state index in [1.165, 1.54) is 12.3 Å². The molecule has 0 saturated carbocycles. The topological polar surface area (TPSA) is 75.8 Å². The van der Waals surface area contributed by atoms with Crippen molar-refractivity contribution in [3.8, 4) is 6.07 Å². The number of Topliss-reactive ketones (excluding diaryl/α,β-unsaturated/α-hetero) is 1. The molecule has 5 nitrogen and oxygen atoms in total. The number of pyridine rings is 2. The minimum absolute atomic E-state index is 0.181. The SMILES string of the molecule is N#CC(C(=O)Cn1cc(C(F)(F)F)ccc1=O)c1ccccn1. The molecule has 2 heterocycles. The lowest BCUT2D eigenvalue weighted by Crippen LogP contribution is -2.27. The van der Waals surface area contributed by atoms with Gasteiger partial charge in [-0.05, 0) is 18.2 Å². The van der Waals surface area contributed by atoms with Crippen molar-refractivity contribution in [3.63, 3.8) is 0 Å². The van der Waals surface area contributed by atoms with Crippen molar-refractivity contribution in [1.82, 2.24) is 9.55 Å². The van der Waals surface area contributed by atoms with E-state index in [-0.39, 0.29) is 5.69 Å². The fourth-order valence-corrected chi connectivity index (χ4v) is 1.93. The minimum atomic E-state index is -4.63. The molecule has 2 aromatic rings. The zero-order valence-electron chi connectivity index (χ0n) is 11.6. The largest absolute Gasteiger partial charge is 0.417 e. The van der Waals surface area contributed by atoms with Gasteiger partial charge in [0.15, 0.2) is 5.78 Å². The fourth-order valence-electron chi connectivity index (χ4n) is 1.93. The van der Waals surface area contributed by atoms with Gasteiger partial charge in [-0.15, -0.1) is 0 Å². The Morgan fingerprint density at radius 2 is 2.04 bits per heavy atom. The molecule has 118 valence electrons. The van der Waals surface area contributed by atoms with Crippen molar-refractivity contribution in [1.29, 1.82) is 5.26 Å². The third kappa shape index (κ3) is 3.83. The summed E-state index contributed by atoms with van der Waals surface area (Å²) in [7, 11) is 0. The van der Waals surface area contributed by atoms with Gasteiger partial charge in [-0.2, -0.15) is 18.4 Å². The van der Waals surface area contributed by atoms with Crippen molar-refractivity contribution in [3.05, 3.63) is 64.3 Å². The van der Waals surface area contributed by atoms with E-state index in [0.29, 0.717) is 16.8 Å². The minimum Gasteiger partial charge on any atom is -0.307 e. The molecule has 0 bridgehead atoms. The van der Waals surface area contributed by atoms with Crippen LogP contribution < -0.4 is 5.56 Å². The predicted molar refractivity (Wildman–Crippen MR) is 73.3 cm³/mol. The molecule has 23 heavy (non-hydrogen) atoms. The van der Waals surface area contributed by atoms with Crippen LogP contribution in [0, 0.1) is 11.3 Å². The third-order valence-corrected chi connectivity index (χ3v) is 3.07. The van der Waals surface area contributed by atoms with Gasteiger partial charge in [-0.3, -0.25) is 14.6 Å². The lowest BCUT2D eigenvalue weighted by atomic mass is 10.0. The summed E-state index contributed by atoms with van der Waals surface area (Å²) in [5.74, 6) is -1.97. The van der Waals surface area contributed by atoms with E-state index in [4.69, 9.17) is 5.26 Å². The molecule has 1 unspecified atom stereocenters. The predicted octanol–water partition coefficient (Wildman–Crippen LogP) is 2.14. The van der Waals surface area contributed by atoms with E-state index in [1.54, 1.807) is 18.2 Å². The van der Waals surface area contributed by atoms with Crippen LogP contribution in [-0.2, 0) is 17.5 Å². The Morgan fingerprint density at radius 1 is 1.30 bits per heavy atom. The van der Waals surface area contributed by atoms with E-state index in [9.17, 15) is 22.8 Å². The van der Waals surface area contributed by atoms with Crippen LogP contribution in [0.4, 0.5) is 13.2 Å². The quantitative estimate of drug-likeness (QED) is 0.864. The molecule has 0 amide bonds. The summed E-state index contributed by atoms with van der Waals surface area (Å²) in [5.41, 5.74) is -1.62. The number of carbonyl (C=O) groups excluding carboxylic acids is 1. The van der Waals surface area contributed by atoms with Gasteiger partial charge >= 0.3 is 6.18 Å². The van der Waals surface area contributed by atoms with Crippen LogP contribution >= 0.6 is 0 Å². The number of nitriles is 1. The Labute approximate surface area is 128 Å². The van der Waals surface area contributed by atoms with E-state index in [0.717, 1.165) is 6.07 Å². The van der Waals surface area contributed by atoms with Crippen LogP contribution in [0.15, 0.2) is 47.5 Å². The Bertz CT molecular complexity index is 807. The molecule has 1 atom stereocenters. The Kier molecular flexibility index (Phi) is 4.60. The molecular formula is C15H10F3N3O2. The number of aromatic nitrogens is 2. The van der Waals surface area contributed by atoms with Gasteiger partial charge in [0.25, 0.3) is 5.56 Å². The summed E-state index contributed by atoms with van der Waals surface area (Å²) in [5, 5.41) is 9.10. The highest BCUT2D eigenvalue weighted by molar-refractivity contribution is 5.87. The lowest BCUT2D eigenvalue weighted by molar-refractivity contribution is -0.138. The standard InChI is InChI=1S/C15H10F3N3O2/c16-15(17,18)10-4-5-14(23)21(8-10)9-13(22)11(7-19)12-3-1-2-6-20-12/h1-6,8,11H,9H2. The summed E-state index contributed by atoms with van der Waals surface area (Å²) >= 11 is 0. The fraction of sp³-hybridized carbons (Fsp3) is 0.200. The average Bonchev–Trinajstić information content (AvgIpc) is 2.50. The molecule has 2 rings (SSSR count). The second-order valence-electron chi connectivity index (χ2n) is 4.66. The van der Waals surface area contributed by atoms with Crippen molar-refractivity contribution in [2.24, 2.45) is 0 Å². The molecule has 0 spiro atoms. The van der Waals surface area contributed by atoms with E-state index in [1.807, 2.05) is 0 Å². The van der Waals surface area contributed by atoms with Crippen LogP contribution in [0.2, 0.25) is 0 Å². The first-order valence-electron chi connectivity index (χ1n) is 6.44. The van der Waals surface area contributed by atoms with Crippen LogP contribution in [0.3, 0.4) is 0 Å². The number of nitrogens with zero attached hydrogens (tertiary/aromatic N) is 3. The molecule has 0 fully saturated rings. The molecule has 0 aromatic carbocycles. The number of carbonyl (C=O) groups is 1. The highest BCUT2D eigenvalue weighted by Crippen LogP contribution is 2.28. The molecule has 0 radical (unpaired) electrons. The summed E-state index contributed by atoms with van der Waals surface area (Å²) in [4.78, 5) is 27.7. The Morgan fingerprint density at radius 3 is 2.61 bits per heavy atom. The molecule has 2 aromatic heterocycles. The number of rotatable bonds is 4. The summed E-state index contributed by atoms with van der Waals surface area (Å²) < 4.78 is 38.6. The maximum atomic E-state index is 12.7. The van der Waals surface area contributed by atoms with Crippen LogP contribution in [-0.4, -0.2) is 15.3 Å². The van der Waals surface area contributed by atoms with Crippen molar-refractivity contribution < 1.29 is 18.0 Å². The Hall–Kier alpha value is -2.95. The first-order chi connectivity index (χ1) is 10.8. The van der Waals surface area contributed by atoms with Crippen LogP contribution in [0.5, 0.6) is 0 Å². The number of hydrogen-bond donors (Lipinski definition) is 0. The van der Waals surface area contributed by atoms with E-state index in [2.05, 4.69) is 4.98 Å². The van der Waals surface area contributed by atoms with Gasteiger partial charge in [0.05, 0.1) is 23.9 Å². The first-order valence-corrected chi connectivity index (χ1v) is 6.44. The maximum absolute atomic E-state index is 12.7. The second-order valence-corrected chi connectivity index (χ2v) is 4.66. The normalized spacial score (nSPS) is 12.4. The zero-order chi connectivity index (χ0) is 17.0. The van der Waals surface area contributed by atoms with Gasteiger partial charge < -0.3 is 4.57 Å². The van der Waals surface area contributed by atoms with Gasteiger partial charge in [-0.25, -0.2) is 0 Å². The summed E-state index contributed by atoms with van der Waals surface area (Å²) in [6.07, 6.45) is -2.68. The monoisotopic (exact) mass is 321 g/mol. The number of hydrogen-bond acceptors (Lipinski definition) is 4. The van der Waals surface area contributed by atoms with Gasteiger partial charge in [0.1, 0.15) is 5.92 Å². The highest BCUT2D eigenvalue weighted by Gasteiger charge is 2.31. The summed E-state index contributed by atoms with van der Waals surface area (Å²) in [6.45, 7) is -0.641. The molecule has 0 saturated heterocycles. The molecule has 0 aliphatic heterocycles. The molecule has 8 heteroatoms. The van der Waals surface area contributed by atoms with Gasteiger partial charge in [-0.1, -0.05) is 6.07 Å². The van der Waals surface area contributed by atoms with E-state index < -0.39 is 35.5 Å². The van der Waals surface area contributed by atoms with Gasteiger partial charge in [0.2, 0.25) is 0 Å². The average molecular weight is 321 g/mol. The van der Waals surface area contributed by atoms with Crippen LogP contribution in [0.25, 0.3) is 0 Å². The summed E-state index contributed by atoms with van der Waals surface area (Å²) in [6, 6.07) is 7.77. The van der Waals surface area contributed by atoms with Gasteiger partial charge in [0, 0.05) is 18.5 Å².